The Balaban J connectivity index is 2.44. The van der Waals surface area contributed by atoms with Crippen molar-refractivity contribution in [3.63, 3.8) is 0 Å². The topological polar surface area (TPSA) is 48.6 Å². The molecule has 2 rings (SSSR count). The Labute approximate surface area is 82.3 Å². The van der Waals surface area contributed by atoms with Gasteiger partial charge in [-0.05, 0) is 19.0 Å². The van der Waals surface area contributed by atoms with Crippen molar-refractivity contribution in [1.82, 2.24) is 9.78 Å². The number of rotatable bonds is 1. The van der Waals surface area contributed by atoms with Crippen molar-refractivity contribution in [3.05, 3.63) is 17.0 Å². The number of aromatic nitrogens is 2. The van der Waals surface area contributed by atoms with Gasteiger partial charge in [0.15, 0.2) is 6.61 Å². The largest absolute Gasteiger partial charge is 0.471 e. The average Bonchev–Trinajstić information content (AvgIpc) is 2.43. The first kappa shape index (κ1) is 9.05. The molecule has 0 saturated heterocycles. The van der Waals surface area contributed by atoms with Crippen LogP contribution in [0.4, 0.5) is 0 Å². The lowest BCUT2D eigenvalue weighted by Crippen LogP contribution is -2.18. The first-order valence-electron chi connectivity index (χ1n) is 4.53. The van der Waals surface area contributed by atoms with E-state index >= 15 is 0 Å². The van der Waals surface area contributed by atoms with Gasteiger partial charge in [0, 0.05) is 12.7 Å². The third-order valence-corrected chi connectivity index (χ3v) is 2.28. The Hall–Kier alpha value is -1.52. The first-order valence-corrected chi connectivity index (χ1v) is 4.53. The van der Waals surface area contributed by atoms with E-state index < -0.39 is 0 Å². The predicted molar refractivity (Wildman–Crippen MR) is 51.1 cm³/mol. The Bertz CT molecular complexity index is 382. The summed E-state index contributed by atoms with van der Waals surface area (Å²) in [6.45, 7) is 4.98. The van der Waals surface area contributed by atoms with Crippen molar-refractivity contribution in [3.8, 4) is 0 Å². The van der Waals surface area contributed by atoms with Crippen molar-refractivity contribution >= 4 is 5.90 Å². The molecule has 2 heterocycles. The van der Waals surface area contributed by atoms with Crippen LogP contribution < -0.4 is 0 Å². The summed E-state index contributed by atoms with van der Waals surface area (Å²) in [6.07, 6.45) is 0. The average molecular weight is 195 g/mol. The Morgan fingerprint density at radius 1 is 1.29 bits per heavy atom. The highest BCUT2D eigenvalue weighted by atomic mass is 16.7. The lowest BCUT2D eigenvalue weighted by Gasteiger charge is -2.13. The van der Waals surface area contributed by atoms with Crippen molar-refractivity contribution in [2.24, 2.45) is 12.2 Å². The van der Waals surface area contributed by atoms with Gasteiger partial charge in [0.1, 0.15) is 6.61 Å². The van der Waals surface area contributed by atoms with Gasteiger partial charge < -0.3 is 9.57 Å². The highest BCUT2D eigenvalue weighted by Crippen LogP contribution is 2.15. The summed E-state index contributed by atoms with van der Waals surface area (Å²) >= 11 is 0. The van der Waals surface area contributed by atoms with Gasteiger partial charge >= 0.3 is 0 Å². The van der Waals surface area contributed by atoms with Crippen molar-refractivity contribution in [2.75, 3.05) is 13.2 Å². The molecule has 0 aliphatic carbocycles. The van der Waals surface area contributed by atoms with Crippen LogP contribution in [0.25, 0.3) is 0 Å². The quantitative estimate of drug-likeness (QED) is 0.664. The molecule has 0 N–H and O–H groups in total. The van der Waals surface area contributed by atoms with E-state index in [1.165, 1.54) is 0 Å². The van der Waals surface area contributed by atoms with Crippen LogP contribution in [0.3, 0.4) is 0 Å². The number of hydrogen-bond acceptors (Lipinski definition) is 4. The van der Waals surface area contributed by atoms with Gasteiger partial charge in [0.05, 0.1) is 11.3 Å². The van der Waals surface area contributed by atoms with Gasteiger partial charge in [-0.3, -0.25) is 4.68 Å². The van der Waals surface area contributed by atoms with Gasteiger partial charge in [-0.2, -0.15) is 5.10 Å². The molecule has 0 aromatic carbocycles. The van der Waals surface area contributed by atoms with Gasteiger partial charge in [-0.25, -0.2) is 0 Å². The monoisotopic (exact) mass is 195 g/mol. The van der Waals surface area contributed by atoms with Crippen LogP contribution in [-0.4, -0.2) is 28.9 Å². The van der Waals surface area contributed by atoms with E-state index in [0.29, 0.717) is 19.1 Å². The maximum atomic E-state index is 5.41. The summed E-state index contributed by atoms with van der Waals surface area (Å²) in [5.41, 5.74) is 2.88. The molecular weight excluding hydrogens is 182 g/mol. The minimum absolute atomic E-state index is 0.516. The zero-order chi connectivity index (χ0) is 10.1. The van der Waals surface area contributed by atoms with Crippen molar-refractivity contribution in [1.29, 1.82) is 0 Å². The maximum absolute atomic E-state index is 5.41. The SMILES string of the molecule is Cc1nn(C)c(C)c1C1=NOCCO1. The second-order valence-electron chi connectivity index (χ2n) is 3.25. The number of aryl methyl sites for hydroxylation is 2. The summed E-state index contributed by atoms with van der Waals surface area (Å²) in [5.74, 6) is 0.541. The van der Waals surface area contributed by atoms with E-state index in [4.69, 9.17) is 9.57 Å². The molecule has 76 valence electrons. The molecule has 0 amide bonds. The first-order chi connectivity index (χ1) is 6.70. The third-order valence-electron chi connectivity index (χ3n) is 2.28. The van der Waals surface area contributed by atoms with Crippen molar-refractivity contribution in [2.45, 2.75) is 13.8 Å². The minimum atomic E-state index is 0.516. The van der Waals surface area contributed by atoms with E-state index in [0.717, 1.165) is 17.0 Å². The van der Waals surface area contributed by atoms with Crippen LogP contribution in [0.5, 0.6) is 0 Å². The molecule has 1 aromatic rings. The number of nitrogens with zero attached hydrogens (tertiary/aromatic N) is 3. The van der Waals surface area contributed by atoms with E-state index in [1.807, 2.05) is 25.6 Å². The van der Waals surface area contributed by atoms with Crippen LogP contribution in [0.15, 0.2) is 5.16 Å². The molecule has 14 heavy (non-hydrogen) atoms. The molecule has 1 aromatic heterocycles. The highest BCUT2D eigenvalue weighted by molar-refractivity contribution is 5.96. The maximum Gasteiger partial charge on any atom is 0.261 e. The van der Waals surface area contributed by atoms with Crippen LogP contribution in [-0.2, 0) is 16.6 Å². The number of ether oxygens (including phenoxy) is 1. The summed E-state index contributed by atoms with van der Waals surface area (Å²) in [4.78, 5) is 4.98. The predicted octanol–water partition coefficient (Wildman–Crippen LogP) is 0.745. The molecule has 0 fully saturated rings. The van der Waals surface area contributed by atoms with E-state index in [9.17, 15) is 0 Å². The Morgan fingerprint density at radius 3 is 2.57 bits per heavy atom. The Kier molecular flexibility index (Phi) is 2.15. The smallest absolute Gasteiger partial charge is 0.261 e. The fourth-order valence-electron chi connectivity index (χ4n) is 1.51. The second kappa shape index (κ2) is 3.32. The van der Waals surface area contributed by atoms with Crippen molar-refractivity contribution < 1.29 is 9.57 Å². The molecule has 0 bridgehead atoms. The Morgan fingerprint density at radius 2 is 2.07 bits per heavy atom. The zero-order valence-corrected chi connectivity index (χ0v) is 8.57. The molecule has 0 unspecified atom stereocenters. The van der Waals surface area contributed by atoms with Crippen LogP contribution >= 0.6 is 0 Å². The van der Waals surface area contributed by atoms with Gasteiger partial charge in [-0.15, -0.1) is 0 Å². The molecule has 5 heteroatoms. The van der Waals surface area contributed by atoms with Crippen LogP contribution in [0.2, 0.25) is 0 Å². The molecule has 0 atom stereocenters. The normalized spacial score (nSPS) is 15.8. The number of hydrogen-bond donors (Lipinski definition) is 0. The molecular formula is C9H13N3O2. The summed E-state index contributed by atoms with van der Waals surface area (Å²) < 4.78 is 7.22. The fourth-order valence-corrected chi connectivity index (χ4v) is 1.51. The lowest BCUT2D eigenvalue weighted by atomic mass is 10.2. The summed E-state index contributed by atoms with van der Waals surface area (Å²) in [7, 11) is 1.90. The number of oxime groups is 1. The van der Waals surface area contributed by atoms with Crippen LogP contribution in [0, 0.1) is 13.8 Å². The molecule has 5 nitrogen and oxygen atoms in total. The van der Waals surface area contributed by atoms with Gasteiger partial charge in [-0.1, -0.05) is 0 Å². The van der Waals surface area contributed by atoms with Gasteiger partial charge in [0.2, 0.25) is 0 Å². The standard InChI is InChI=1S/C9H13N3O2/c1-6-8(7(2)12(3)10-6)9-11-14-5-4-13-9/h4-5H2,1-3H3. The molecule has 0 radical (unpaired) electrons. The molecule has 1 aliphatic rings. The van der Waals surface area contributed by atoms with Gasteiger partial charge in [0.25, 0.3) is 5.90 Å². The van der Waals surface area contributed by atoms with Crippen LogP contribution in [0.1, 0.15) is 17.0 Å². The van der Waals surface area contributed by atoms with E-state index in [1.54, 1.807) is 0 Å². The van der Waals surface area contributed by atoms with E-state index in [2.05, 4.69) is 10.3 Å². The molecule has 0 spiro atoms. The minimum Gasteiger partial charge on any atom is -0.471 e. The highest BCUT2D eigenvalue weighted by Gasteiger charge is 2.19. The van der Waals surface area contributed by atoms with E-state index in [-0.39, 0.29) is 0 Å². The summed E-state index contributed by atoms with van der Waals surface area (Å²) in [5, 5.41) is 8.16. The molecule has 1 aliphatic heterocycles. The molecule has 0 saturated carbocycles. The second-order valence-corrected chi connectivity index (χ2v) is 3.25. The fraction of sp³-hybridized carbons (Fsp3) is 0.556. The zero-order valence-electron chi connectivity index (χ0n) is 8.57. The lowest BCUT2D eigenvalue weighted by molar-refractivity contribution is 0.0654. The third kappa shape index (κ3) is 1.34. The summed E-state index contributed by atoms with van der Waals surface area (Å²) in [6, 6.07) is 0.